The van der Waals surface area contributed by atoms with Crippen LogP contribution >= 0.6 is 0 Å². The van der Waals surface area contributed by atoms with E-state index in [0.717, 1.165) is 6.08 Å². The first-order chi connectivity index (χ1) is 17.4. The van der Waals surface area contributed by atoms with Crippen LogP contribution in [0.1, 0.15) is 71.9 Å². The summed E-state index contributed by atoms with van der Waals surface area (Å²) in [7, 11) is 0. The van der Waals surface area contributed by atoms with Crippen molar-refractivity contribution >= 4 is 23.4 Å². The van der Waals surface area contributed by atoms with Crippen molar-refractivity contribution in [2.45, 2.75) is 64.8 Å². The molecule has 1 aromatic rings. The van der Waals surface area contributed by atoms with Crippen LogP contribution in [0.4, 0.5) is 0 Å². The van der Waals surface area contributed by atoms with E-state index in [1.165, 1.54) is 32.1 Å². The Morgan fingerprint density at radius 2 is 1.84 bits per heavy atom. The number of hydrogen-bond acceptors (Lipinski definition) is 8. The van der Waals surface area contributed by atoms with E-state index in [1.54, 1.807) is 13.0 Å². The Morgan fingerprint density at radius 1 is 1.14 bits per heavy atom. The van der Waals surface area contributed by atoms with Crippen LogP contribution in [-0.4, -0.2) is 51.0 Å². The summed E-state index contributed by atoms with van der Waals surface area (Å²) in [5.41, 5.74) is -2.23. The maximum Gasteiger partial charge on any atom is 0.333 e. The van der Waals surface area contributed by atoms with Crippen molar-refractivity contribution in [3.63, 3.8) is 0 Å². The van der Waals surface area contributed by atoms with Gasteiger partial charge >= 0.3 is 5.97 Å². The highest BCUT2D eigenvalue weighted by molar-refractivity contribution is 6.17. The number of nitrogens with one attached hydrogen (secondary N) is 1. The first-order valence-electron chi connectivity index (χ1n) is 12.4. The summed E-state index contributed by atoms with van der Waals surface area (Å²) in [5.74, 6) is -4.33. The van der Waals surface area contributed by atoms with E-state index in [-0.39, 0.29) is 51.6 Å². The lowest BCUT2D eigenvalue weighted by Crippen LogP contribution is -2.39. The van der Waals surface area contributed by atoms with E-state index < -0.39 is 47.2 Å². The zero-order valence-corrected chi connectivity index (χ0v) is 21.2. The number of esters is 1. The van der Waals surface area contributed by atoms with E-state index in [2.05, 4.69) is 5.32 Å². The number of hydrogen-bond donors (Lipinski definition) is 4. The summed E-state index contributed by atoms with van der Waals surface area (Å²) in [6.45, 7) is 6.42. The number of carbonyl (C=O) groups is 4. The molecule has 0 spiro atoms. The quantitative estimate of drug-likeness (QED) is 0.333. The zero-order valence-electron chi connectivity index (χ0n) is 21.2. The summed E-state index contributed by atoms with van der Waals surface area (Å²) in [4.78, 5) is 52.4. The molecule has 1 saturated heterocycles. The van der Waals surface area contributed by atoms with Gasteiger partial charge in [0.1, 0.15) is 23.6 Å². The molecule has 4 bridgehead atoms. The van der Waals surface area contributed by atoms with Gasteiger partial charge in [0.15, 0.2) is 11.6 Å². The van der Waals surface area contributed by atoms with Crippen LogP contribution in [0.2, 0.25) is 0 Å². The van der Waals surface area contributed by atoms with Crippen LogP contribution in [0.3, 0.4) is 0 Å². The van der Waals surface area contributed by atoms with Gasteiger partial charge in [-0.2, -0.15) is 0 Å². The molecule has 9 nitrogen and oxygen atoms in total. The van der Waals surface area contributed by atoms with Gasteiger partial charge in [-0.3, -0.25) is 14.4 Å². The van der Waals surface area contributed by atoms with Crippen molar-refractivity contribution in [1.82, 2.24) is 5.32 Å². The highest BCUT2D eigenvalue weighted by Gasteiger charge is 2.55. The summed E-state index contributed by atoms with van der Waals surface area (Å²) in [6.07, 6.45) is 4.60. The van der Waals surface area contributed by atoms with Gasteiger partial charge in [0.2, 0.25) is 5.91 Å². The highest BCUT2D eigenvalue weighted by Crippen LogP contribution is 2.49. The normalized spacial score (nSPS) is 32.6. The van der Waals surface area contributed by atoms with Crippen molar-refractivity contribution in [1.29, 1.82) is 0 Å². The summed E-state index contributed by atoms with van der Waals surface area (Å²) in [5, 5.41) is 35.8. The number of carbonyl (C=O) groups excluding carboxylic acids is 4. The van der Waals surface area contributed by atoms with E-state index in [4.69, 9.17) is 4.74 Å². The standard InChI is InChI=1S/C28H31NO8/c1-5-16-6-8-19(30)15(4)37-27(35)14(3)11-18-26(34)29-22-12-21(32)23-17(28(18,22)36)10-13(2)25(33)24(23)20(31)9-7-16/h6,8,10-12,15-16,18-19,30,33,36H,5,7,9H2,1-4H3,(H,29,34)/b8-6+,14-11+/t15-,16+,18+,19-,28-/m0/s1. The van der Waals surface area contributed by atoms with Gasteiger partial charge in [-0.15, -0.1) is 0 Å². The third-order valence-electron chi connectivity index (χ3n) is 7.46. The molecule has 1 amide bonds. The molecule has 5 atom stereocenters. The first kappa shape index (κ1) is 26.5. The van der Waals surface area contributed by atoms with Crippen LogP contribution in [0.15, 0.2) is 41.6 Å². The Bertz CT molecular complexity index is 1290. The number of ether oxygens (including phenoxy) is 1. The molecule has 1 aromatic carbocycles. The number of Topliss-reactive ketones (excluding diaryl/α,β-unsaturated/α-hetero) is 1. The fourth-order valence-electron chi connectivity index (χ4n) is 5.11. The van der Waals surface area contributed by atoms with Crippen LogP contribution in [-0.2, 0) is 19.9 Å². The third-order valence-corrected chi connectivity index (χ3v) is 7.46. The predicted octanol–water partition coefficient (Wildman–Crippen LogP) is 2.51. The minimum absolute atomic E-state index is 0.00512. The molecule has 0 aromatic heterocycles. The second kappa shape index (κ2) is 9.72. The third kappa shape index (κ3) is 4.42. The number of cyclic esters (lactones) is 1. The Kier molecular flexibility index (Phi) is 6.96. The van der Waals surface area contributed by atoms with Gasteiger partial charge in [-0.1, -0.05) is 25.2 Å². The Hall–Kier alpha value is -3.56. The van der Waals surface area contributed by atoms with Crippen LogP contribution in [0, 0.1) is 18.8 Å². The smallest absolute Gasteiger partial charge is 0.333 e. The maximum atomic E-state index is 13.4. The zero-order chi connectivity index (χ0) is 27.2. The van der Waals surface area contributed by atoms with E-state index in [9.17, 15) is 34.5 Å². The lowest BCUT2D eigenvalue weighted by atomic mass is 9.72. The number of ketones is 2. The van der Waals surface area contributed by atoms with Crippen LogP contribution in [0.5, 0.6) is 5.75 Å². The van der Waals surface area contributed by atoms with Gasteiger partial charge in [0.25, 0.3) is 0 Å². The molecular formula is C28H31NO8. The number of phenolic OH excluding ortho intramolecular Hbond substituents is 1. The fraction of sp³-hybridized carbons (Fsp3) is 0.429. The largest absolute Gasteiger partial charge is 0.507 e. The first-order valence-corrected chi connectivity index (χ1v) is 12.4. The topological polar surface area (TPSA) is 150 Å². The molecular weight excluding hydrogens is 478 g/mol. The molecule has 3 aliphatic rings. The number of rotatable bonds is 1. The number of aliphatic hydroxyl groups excluding tert-OH is 1. The fourth-order valence-corrected chi connectivity index (χ4v) is 5.11. The minimum atomic E-state index is -2.08. The summed E-state index contributed by atoms with van der Waals surface area (Å²) < 4.78 is 5.39. The summed E-state index contributed by atoms with van der Waals surface area (Å²) in [6, 6.07) is 1.39. The Morgan fingerprint density at radius 3 is 2.51 bits per heavy atom. The monoisotopic (exact) mass is 509 g/mol. The number of benzene rings is 1. The molecule has 4 rings (SSSR count). The molecule has 1 aliphatic carbocycles. The molecule has 2 heterocycles. The molecule has 196 valence electrons. The number of amides is 1. The van der Waals surface area contributed by atoms with Gasteiger partial charge in [0, 0.05) is 29.2 Å². The van der Waals surface area contributed by atoms with Gasteiger partial charge in [-0.05, 0) is 51.2 Å². The molecule has 1 fully saturated rings. The molecule has 37 heavy (non-hydrogen) atoms. The number of aryl methyl sites for hydroxylation is 1. The Balaban J connectivity index is 1.95. The number of aromatic hydroxyl groups is 1. The second-order valence-corrected chi connectivity index (χ2v) is 9.96. The molecule has 9 heteroatoms. The number of phenols is 1. The molecule has 0 unspecified atom stereocenters. The lowest BCUT2D eigenvalue weighted by Gasteiger charge is -2.34. The molecule has 0 saturated carbocycles. The van der Waals surface area contributed by atoms with Crippen LogP contribution in [0.25, 0.3) is 0 Å². The predicted molar refractivity (Wildman–Crippen MR) is 133 cm³/mol. The van der Waals surface area contributed by atoms with E-state index in [1.807, 2.05) is 6.92 Å². The average molecular weight is 510 g/mol. The highest BCUT2D eigenvalue weighted by atomic mass is 16.6. The SMILES string of the molecule is CC[C@@H]1/C=C/[C@H](O)[C@H](C)OC(=O)/C(C)=C/[C@@H]2C(=O)NC3=CC(=O)c4c(cc(C)c(O)c4C(=O)CC1)[C@@]32O. The molecule has 2 aliphatic heterocycles. The van der Waals surface area contributed by atoms with Gasteiger partial charge in [-0.25, -0.2) is 4.79 Å². The van der Waals surface area contributed by atoms with Gasteiger partial charge in [0.05, 0.1) is 17.2 Å². The van der Waals surface area contributed by atoms with Crippen molar-refractivity contribution < 1.29 is 39.2 Å². The second-order valence-electron chi connectivity index (χ2n) is 9.96. The number of aliphatic hydroxyl groups is 2. The van der Waals surface area contributed by atoms with Crippen molar-refractivity contribution in [3.05, 3.63) is 63.9 Å². The lowest BCUT2D eigenvalue weighted by molar-refractivity contribution is -0.147. The molecule has 4 N–H and O–H groups in total. The number of allylic oxidation sites excluding steroid dienone is 2. The molecule has 0 radical (unpaired) electrons. The van der Waals surface area contributed by atoms with Gasteiger partial charge < -0.3 is 25.4 Å². The maximum absolute atomic E-state index is 13.4. The van der Waals surface area contributed by atoms with Crippen molar-refractivity contribution in [2.75, 3.05) is 0 Å². The summed E-state index contributed by atoms with van der Waals surface area (Å²) >= 11 is 0. The Labute approximate surface area is 214 Å². The minimum Gasteiger partial charge on any atom is -0.507 e. The van der Waals surface area contributed by atoms with Crippen LogP contribution < -0.4 is 5.32 Å². The van der Waals surface area contributed by atoms with Crippen molar-refractivity contribution in [2.24, 2.45) is 11.8 Å². The van der Waals surface area contributed by atoms with E-state index >= 15 is 0 Å². The average Bonchev–Trinajstić information content (AvgIpc) is 3.09. The van der Waals surface area contributed by atoms with Crippen molar-refractivity contribution in [3.8, 4) is 5.75 Å². The van der Waals surface area contributed by atoms with E-state index in [0.29, 0.717) is 12.8 Å².